The van der Waals surface area contributed by atoms with Crippen molar-refractivity contribution in [3.63, 3.8) is 0 Å². The van der Waals surface area contributed by atoms with Crippen molar-refractivity contribution in [2.24, 2.45) is 11.8 Å². The quantitative estimate of drug-likeness (QED) is 0.683. The number of aliphatic hydroxyl groups excluding tert-OH is 1. The van der Waals surface area contributed by atoms with E-state index in [4.69, 9.17) is 9.47 Å². The van der Waals surface area contributed by atoms with E-state index in [9.17, 15) is 19.5 Å². The Morgan fingerprint density at radius 2 is 1.95 bits per heavy atom. The molecule has 0 aromatic heterocycles. The van der Waals surface area contributed by atoms with Gasteiger partial charge in [-0.15, -0.1) is 0 Å². The molecule has 0 aromatic rings. The van der Waals surface area contributed by atoms with E-state index >= 15 is 0 Å². The van der Waals surface area contributed by atoms with Gasteiger partial charge in [-0.05, 0) is 5.92 Å². The zero-order chi connectivity index (χ0) is 15.7. The highest BCUT2D eigenvalue weighted by atomic mass is 16.6. The van der Waals surface area contributed by atoms with Gasteiger partial charge in [0.2, 0.25) is 11.4 Å². The van der Waals surface area contributed by atoms with Crippen LogP contribution in [0.3, 0.4) is 0 Å². The van der Waals surface area contributed by atoms with E-state index in [-0.39, 0.29) is 5.92 Å². The summed E-state index contributed by atoms with van der Waals surface area (Å²) < 4.78 is 9.89. The first-order valence-electron chi connectivity index (χ1n) is 6.44. The van der Waals surface area contributed by atoms with E-state index in [2.05, 4.69) is 5.32 Å². The Morgan fingerprint density at radius 1 is 1.40 bits per heavy atom. The monoisotopic (exact) mass is 287 g/mol. The van der Waals surface area contributed by atoms with Crippen LogP contribution in [0.4, 0.5) is 0 Å². The minimum Gasteiger partial charge on any atom is -0.467 e. The number of esters is 2. The molecule has 0 unspecified atom stereocenters. The largest absolute Gasteiger partial charge is 0.467 e. The summed E-state index contributed by atoms with van der Waals surface area (Å²) in [6.45, 7) is 6.14. The lowest BCUT2D eigenvalue weighted by molar-refractivity contribution is -0.173. The van der Waals surface area contributed by atoms with E-state index in [1.165, 1.54) is 13.8 Å². The maximum absolute atomic E-state index is 12.2. The Morgan fingerprint density at radius 3 is 2.25 bits per heavy atom. The van der Waals surface area contributed by atoms with Gasteiger partial charge in [0, 0.05) is 6.92 Å². The first-order chi connectivity index (χ1) is 9.18. The second-order valence-corrected chi connectivity index (χ2v) is 5.36. The Labute approximate surface area is 117 Å². The summed E-state index contributed by atoms with van der Waals surface area (Å²) in [5.74, 6) is -3.03. The molecule has 0 bridgehead atoms. The summed E-state index contributed by atoms with van der Waals surface area (Å²) in [4.78, 5) is 35.3. The molecule has 7 nitrogen and oxygen atoms in total. The fourth-order valence-electron chi connectivity index (χ4n) is 2.56. The lowest BCUT2D eigenvalue weighted by Gasteiger charge is -2.38. The van der Waals surface area contributed by atoms with Gasteiger partial charge in [-0.3, -0.25) is 9.59 Å². The van der Waals surface area contributed by atoms with Crippen molar-refractivity contribution >= 4 is 17.8 Å². The van der Waals surface area contributed by atoms with E-state index in [1.807, 2.05) is 0 Å². The summed E-state index contributed by atoms with van der Waals surface area (Å²) in [6.07, 6.45) is -2.36. The van der Waals surface area contributed by atoms with Crippen LogP contribution in [-0.4, -0.2) is 47.8 Å². The fraction of sp³-hybridized carbons (Fsp3) is 0.769. The topological polar surface area (TPSA) is 102 Å². The van der Waals surface area contributed by atoms with Gasteiger partial charge < -0.3 is 19.9 Å². The number of hydrogen-bond donors (Lipinski definition) is 2. The van der Waals surface area contributed by atoms with Gasteiger partial charge >= 0.3 is 11.9 Å². The number of carbonyl (C=O) groups is 3. The van der Waals surface area contributed by atoms with Crippen molar-refractivity contribution in [2.75, 3.05) is 7.11 Å². The number of amides is 1. The SMILES string of the molecule is COC(=O)[C@]1([C@@H](OC(C)=O)C(C)C)NC(=O)[C@H](C)[C@@H]1O. The zero-order valence-electron chi connectivity index (χ0n) is 12.3. The highest BCUT2D eigenvalue weighted by molar-refractivity contribution is 5.95. The summed E-state index contributed by atoms with van der Waals surface area (Å²) in [6, 6.07) is 0. The number of ether oxygens (including phenoxy) is 2. The minimum absolute atomic E-state index is 0.307. The molecule has 4 atom stereocenters. The molecule has 0 radical (unpaired) electrons. The molecule has 1 fully saturated rings. The van der Waals surface area contributed by atoms with E-state index in [1.54, 1.807) is 13.8 Å². The van der Waals surface area contributed by atoms with Gasteiger partial charge in [-0.1, -0.05) is 20.8 Å². The number of methoxy groups -OCH3 is 1. The summed E-state index contributed by atoms with van der Waals surface area (Å²) >= 11 is 0. The molecule has 1 aliphatic heterocycles. The molecule has 0 saturated carbocycles. The minimum atomic E-state index is -1.77. The van der Waals surface area contributed by atoms with E-state index in [0.717, 1.165) is 7.11 Å². The third kappa shape index (κ3) is 2.49. The van der Waals surface area contributed by atoms with Gasteiger partial charge in [0.15, 0.2) is 0 Å². The predicted octanol–water partition coefficient (Wildman–Crippen LogP) is -0.387. The lowest BCUT2D eigenvalue weighted by Crippen LogP contribution is -2.66. The molecule has 0 aliphatic carbocycles. The van der Waals surface area contributed by atoms with Gasteiger partial charge in [-0.2, -0.15) is 0 Å². The Balaban J connectivity index is 3.33. The molecule has 1 amide bonds. The predicted molar refractivity (Wildman–Crippen MR) is 68.5 cm³/mol. The highest BCUT2D eigenvalue weighted by Crippen LogP contribution is 2.35. The van der Waals surface area contributed by atoms with Crippen molar-refractivity contribution in [1.82, 2.24) is 5.32 Å². The Hall–Kier alpha value is -1.63. The molecule has 114 valence electrons. The molecule has 1 rings (SSSR count). The molecule has 2 N–H and O–H groups in total. The van der Waals surface area contributed by atoms with Crippen LogP contribution >= 0.6 is 0 Å². The fourth-order valence-corrected chi connectivity index (χ4v) is 2.56. The Bertz CT molecular complexity index is 421. The van der Waals surface area contributed by atoms with Gasteiger partial charge in [0.05, 0.1) is 13.0 Å². The van der Waals surface area contributed by atoms with E-state index in [0.29, 0.717) is 0 Å². The normalized spacial score (nSPS) is 30.9. The molecule has 1 heterocycles. The first-order valence-corrected chi connectivity index (χ1v) is 6.44. The average molecular weight is 287 g/mol. The van der Waals surface area contributed by atoms with Crippen LogP contribution in [-0.2, 0) is 23.9 Å². The van der Waals surface area contributed by atoms with Crippen LogP contribution in [0.15, 0.2) is 0 Å². The van der Waals surface area contributed by atoms with Gasteiger partial charge in [0.25, 0.3) is 0 Å². The molecular weight excluding hydrogens is 266 g/mol. The number of rotatable bonds is 4. The number of aliphatic hydroxyl groups is 1. The Kier molecular flexibility index (Phi) is 4.75. The lowest BCUT2D eigenvalue weighted by atomic mass is 9.79. The van der Waals surface area contributed by atoms with Crippen molar-refractivity contribution in [1.29, 1.82) is 0 Å². The summed E-state index contributed by atoms with van der Waals surface area (Å²) in [5.41, 5.74) is -1.77. The zero-order valence-corrected chi connectivity index (χ0v) is 12.3. The van der Waals surface area contributed by atoms with Crippen molar-refractivity contribution < 1.29 is 29.0 Å². The molecule has 20 heavy (non-hydrogen) atoms. The smallest absolute Gasteiger partial charge is 0.338 e. The van der Waals surface area contributed by atoms with E-state index < -0.39 is 41.5 Å². The third-order valence-corrected chi connectivity index (χ3v) is 3.55. The highest BCUT2D eigenvalue weighted by Gasteiger charge is 2.63. The molecule has 1 saturated heterocycles. The maximum atomic E-state index is 12.2. The van der Waals surface area contributed by atoms with Crippen LogP contribution in [0.25, 0.3) is 0 Å². The van der Waals surface area contributed by atoms with Crippen molar-refractivity contribution in [2.45, 2.75) is 45.4 Å². The third-order valence-electron chi connectivity index (χ3n) is 3.55. The second-order valence-electron chi connectivity index (χ2n) is 5.36. The number of nitrogens with one attached hydrogen (secondary N) is 1. The van der Waals surface area contributed by atoms with Crippen LogP contribution in [0, 0.1) is 11.8 Å². The molecular formula is C13H21NO6. The van der Waals surface area contributed by atoms with Crippen LogP contribution in [0.2, 0.25) is 0 Å². The number of carbonyl (C=O) groups excluding carboxylic acids is 3. The summed E-state index contributed by atoms with van der Waals surface area (Å²) in [7, 11) is 1.15. The second kappa shape index (κ2) is 5.78. The molecule has 0 spiro atoms. The number of hydrogen-bond acceptors (Lipinski definition) is 6. The van der Waals surface area contributed by atoms with Gasteiger partial charge in [0.1, 0.15) is 12.2 Å². The van der Waals surface area contributed by atoms with Crippen molar-refractivity contribution in [3.8, 4) is 0 Å². The molecule has 7 heteroatoms. The molecule has 0 aromatic carbocycles. The standard InChI is InChI=1S/C13H21NO6/c1-6(2)10(20-8(4)15)13(12(18)19-5)9(16)7(3)11(17)14-13/h6-7,9-10,16H,1-5H3,(H,14,17)/t7-,9+,10+,13+/m1/s1. The molecule has 1 aliphatic rings. The summed E-state index contributed by atoms with van der Waals surface area (Å²) in [5, 5.41) is 12.8. The van der Waals surface area contributed by atoms with Crippen LogP contribution in [0.1, 0.15) is 27.7 Å². The van der Waals surface area contributed by atoms with Crippen molar-refractivity contribution in [3.05, 3.63) is 0 Å². The first kappa shape index (κ1) is 16.4. The average Bonchev–Trinajstić information content (AvgIpc) is 2.60. The van der Waals surface area contributed by atoms with Crippen LogP contribution < -0.4 is 5.32 Å². The van der Waals surface area contributed by atoms with Crippen LogP contribution in [0.5, 0.6) is 0 Å². The van der Waals surface area contributed by atoms with Gasteiger partial charge in [-0.25, -0.2) is 4.79 Å². The maximum Gasteiger partial charge on any atom is 0.338 e.